The molecule has 2 fully saturated rings. The van der Waals surface area contributed by atoms with Crippen LogP contribution in [0.1, 0.15) is 46.8 Å². The van der Waals surface area contributed by atoms with E-state index in [4.69, 9.17) is 23.7 Å². The highest BCUT2D eigenvalue weighted by atomic mass is 19.2. The highest BCUT2D eigenvalue weighted by Gasteiger charge is 2.65. The Hall–Kier alpha value is -3.22. The van der Waals surface area contributed by atoms with Crippen molar-refractivity contribution in [1.29, 1.82) is 0 Å². The van der Waals surface area contributed by atoms with Gasteiger partial charge in [-0.2, -0.15) is 0 Å². The summed E-state index contributed by atoms with van der Waals surface area (Å²) in [5, 5.41) is 0. The van der Waals surface area contributed by atoms with Crippen LogP contribution < -0.4 is 11.2 Å². The van der Waals surface area contributed by atoms with Gasteiger partial charge < -0.3 is 23.7 Å². The molecule has 0 N–H and O–H groups in total. The van der Waals surface area contributed by atoms with Crippen molar-refractivity contribution in [3.63, 3.8) is 0 Å². The van der Waals surface area contributed by atoms with Crippen LogP contribution in [0.15, 0.2) is 21.9 Å². The van der Waals surface area contributed by atoms with Gasteiger partial charge >= 0.3 is 23.8 Å². The largest absolute Gasteiger partial charge is 0.509 e. The molecule has 0 aromatic carbocycles. The van der Waals surface area contributed by atoms with Crippen LogP contribution in [-0.2, 0) is 40.0 Å². The monoisotopic (exact) mass is 486 g/mol. The van der Waals surface area contributed by atoms with E-state index in [1.54, 1.807) is 27.7 Å². The van der Waals surface area contributed by atoms with Crippen LogP contribution in [0.4, 0.5) is 9.18 Å². The third kappa shape index (κ3) is 4.83. The lowest BCUT2D eigenvalue weighted by Gasteiger charge is -2.24. The standard InChI is InChI=1S/C21H27FN2O10/c1-5-12(6-2)18(27)31-10-24-13(25)7-8-23(19(24)28)16-14-15(33-20(29)32-14)21(22,34-16)9-30-17(26)11(3)4/h7-8,11-12,14-16H,5-6,9-10H2,1-4H3/t14-,15+,16-,21-/m1/s1. The summed E-state index contributed by atoms with van der Waals surface area (Å²) < 4.78 is 42.3. The zero-order valence-electron chi connectivity index (χ0n) is 19.2. The fourth-order valence-corrected chi connectivity index (χ4v) is 3.63. The van der Waals surface area contributed by atoms with Gasteiger partial charge in [-0.15, -0.1) is 0 Å². The predicted molar refractivity (Wildman–Crippen MR) is 110 cm³/mol. The molecule has 0 saturated carbocycles. The summed E-state index contributed by atoms with van der Waals surface area (Å²) in [6.45, 7) is 5.12. The number of ether oxygens (including phenoxy) is 5. The van der Waals surface area contributed by atoms with Gasteiger partial charge in [0.15, 0.2) is 25.7 Å². The minimum atomic E-state index is -2.81. The summed E-state index contributed by atoms with van der Waals surface area (Å²) in [7, 11) is 0. The number of alkyl halides is 1. The van der Waals surface area contributed by atoms with Crippen LogP contribution in [0, 0.1) is 11.8 Å². The Kier molecular flexibility index (Phi) is 7.44. The SMILES string of the molecule is CCC(CC)C(=O)OCn1c(=O)ccn([C@@H]2O[C@](F)(COC(=O)C(C)C)[C@H]3OC(=O)O[C@@H]23)c1=O. The maximum Gasteiger partial charge on any atom is 0.509 e. The molecule has 0 amide bonds. The average Bonchev–Trinajstić information content (AvgIpc) is 3.30. The summed E-state index contributed by atoms with van der Waals surface area (Å²) in [5.74, 6) is -5.04. The van der Waals surface area contributed by atoms with Crippen molar-refractivity contribution < 1.29 is 42.5 Å². The number of carbonyl (C=O) groups is 3. The first-order chi connectivity index (χ1) is 16.0. The van der Waals surface area contributed by atoms with Crippen LogP contribution in [0.5, 0.6) is 0 Å². The molecule has 4 atom stereocenters. The van der Waals surface area contributed by atoms with Gasteiger partial charge in [0.25, 0.3) is 11.4 Å². The summed E-state index contributed by atoms with van der Waals surface area (Å²) in [6.07, 6.45) is -3.71. The first kappa shape index (κ1) is 25.4. The van der Waals surface area contributed by atoms with Gasteiger partial charge in [0.1, 0.15) is 0 Å². The number of hydrogen-bond donors (Lipinski definition) is 0. The molecule has 2 saturated heterocycles. The minimum Gasteiger partial charge on any atom is -0.459 e. The molecule has 0 bridgehead atoms. The lowest BCUT2D eigenvalue weighted by molar-refractivity contribution is -0.220. The molecule has 1 aromatic rings. The van der Waals surface area contributed by atoms with Crippen LogP contribution in [-0.4, -0.2) is 51.9 Å². The highest BCUT2D eigenvalue weighted by Crippen LogP contribution is 2.44. The Labute approximate surface area is 193 Å². The number of hydrogen-bond acceptors (Lipinski definition) is 10. The molecule has 0 aliphatic carbocycles. The molecule has 3 heterocycles. The zero-order chi connectivity index (χ0) is 25.2. The van der Waals surface area contributed by atoms with E-state index >= 15 is 4.39 Å². The minimum absolute atomic E-state index is 0.392. The topological polar surface area (TPSA) is 141 Å². The smallest absolute Gasteiger partial charge is 0.459 e. The second-order valence-electron chi connectivity index (χ2n) is 8.31. The predicted octanol–water partition coefficient (Wildman–Crippen LogP) is 1.24. The molecule has 13 heteroatoms. The summed E-state index contributed by atoms with van der Waals surface area (Å²) in [4.78, 5) is 60.9. The maximum atomic E-state index is 15.6. The Bertz CT molecular complexity index is 1060. The number of carbonyl (C=O) groups excluding carboxylic acids is 3. The first-order valence-corrected chi connectivity index (χ1v) is 10.9. The summed E-state index contributed by atoms with van der Waals surface area (Å²) >= 11 is 0. The molecule has 0 spiro atoms. The first-order valence-electron chi connectivity index (χ1n) is 10.9. The molecule has 0 unspecified atom stereocenters. The van der Waals surface area contributed by atoms with E-state index in [0.29, 0.717) is 17.4 Å². The van der Waals surface area contributed by atoms with E-state index in [9.17, 15) is 24.0 Å². The van der Waals surface area contributed by atoms with E-state index < -0.39 is 78.8 Å². The Morgan fingerprint density at radius 3 is 2.41 bits per heavy atom. The van der Waals surface area contributed by atoms with Crippen molar-refractivity contribution >= 4 is 18.1 Å². The van der Waals surface area contributed by atoms with Gasteiger partial charge in [0.05, 0.1) is 11.8 Å². The van der Waals surface area contributed by atoms with Gasteiger partial charge in [0, 0.05) is 12.3 Å². The molecule has 34 heavy (non-hydrogen) atoms. The normalized spacial score (nSPS) is 25.7. The van der Waals surface area contributed by atoms with E-state index in [1.807, 2.05) is 0 Å². The van der Waals surface area contributed by atoms with Gasteiger partial charge in [-0.1, -0.05) is 27.7 Å². The number of fused-ring (bicyclic) bond motifs is 1. The van der Waals surface area contributed by atoms with Crippen molar-refractivity contribution in [3.8, 4) is 0 Å². The Morgan fingerprint density at radius 1 is 1.12 bits per heavy atom. The van der Waals surface area contributed by atoms with Crippen LogP contribution in [0.3, 0.4) is 0 Å². The molecule has 1 aromatic heterocycles. The Morgan fingerprint density at radius 2 is 1.79 bits per heavy atom. The molecular weight excluding hydrogens is 459 g/mol. The van der Waals surface area contributed by atoms with Crippen molar-refractivity contribution in [1.82, 2.24) is 9.13 Å². The van der Waals surface area contributed by atoms with Crippen molar-refractivity contribution in [2.24, 2.45) is 11.8 Å². The molecule has 3 rings (SSSR count). The number of aromatic nitrogens is 2. The van der Waals surface area contributed by atoms with Crippen LogP contribution in [0.25, 0.3) is 0 Å². The van der Waals surface area contributed by atoms with E-state index in [0.717, 1.165) is 16.8 Å². The van der Waals surface area contributed by atoms with E-state index in [-0.39, 0.29) is 0 Å². The number of halogens is 1. The quantitative estimate of drug-likeness (QED) is 0.370. The van der Waals surface area contributed by atoms with E-state index in [1.165, 1.54) is 0 Å². The van der Waals surface area contributed by atoms with Gasteiger partial charge in [0.2, 0.25) is 6.10 Å². The Balaban J connectivity index is 1.87. The van der Waals surface area contributed by atoms with Crippen LogP contribution in [0.2, 0.25) is 0 Å². The van der Waals surface area contributed by atoms with Gasteiger partial charge in [-0.3, -0.25) is 19.0 Å². The lowest BCUT2D eigenvalue weighted by atomic mass is 10.0. The van der Waals surface area contributed by atoms with Crippen molar-refractivity contribution in [2.75, 3.05) is 6.61 Å². The third-order valence-corrected chi connectivity index (χ3v) is 5.68. The van der Waals surface area contributed by atoms with Crippen molar-refractivity contribution in [3.05, 3.63) is 33.1 Å². The highest BCUT2D eigenvalue weighted by molar-refractivity contribution is 5.72. The molecule has 2 aliphatic heterocycles. The fraction of sp³-hybridized carbons (Fsp3) is 0.667. The number of esters is 2. The second-order valence-corrected chi connectivity index (χ2v) is 8.31. The molecular formula is C21H27FN2O10. The number of rotatable bonds is 9. The summed E-state index contributed by atoms with van der Waals surface area (Å²) in [6, 6.07) is 0.985. The summed E-state index contributed by atoms with van der Waals surface area (Å²) in [5.41, 5.74) is -1.77. The zero-order valence-corrected chi connectivity index (χ0v) is 19.2. The van der Waals surface area contributed by atoms with Crippen LogP contribution >= 0.6 is 0 Å². The molecule has 12 nitrogen and oxygen atoms in total. The molecule has 0 radical (unpaired) electrons. The third-order valence-electron chi connectivity index (χ3n) is 5.68. The fourth-order valence-electron chi connectivity index (χ4n) is 3.63. The lowest BCUT2D eigenvalue weighted by Crippen LogP contribution is -2.43. The average molecular weight is 486 g/mol. The van der Waals surface area contributed by atoms with Gasteiger partial charge in [-0.05, 0) is 12.8 Å². The van der Waals surface area contributed by atoms with Crippen molar-refractivity contribution in [2.45, 2.75) is 71.6 Å². The number of nitrogens with zero attached hydrogens (tertiary/aromatic N) is 2. The van der Waals surface area contributed by atoms with Gasteiger partial charge in [-0.25, -0.2) is 18.5 Å². The molecule has 188 valence electrons. The van der Waals surface area contributed by atoms with E-state index in [2.05, 4.69) is 0 Å². The molecule has 2 aliphatic rings. The maximum absolute atomic E-state index is 15.6. The second kappa shape index (κ2) is 9.95.